The Morgan fingerprint density at radius 3 is 2.73 bits per heavy atom. The van der Waals surface area contributed by atoms with Gasteiger partial charge in [0.05, 0.1) is 17.4 Å². The summed E-state index contributed by atoms with van der Waals surface area (Å²) in [6, 6.07) is 4.83. The van der Waals surface area contributed by atoms with Crippen molar-refractivity contribution in [3.8, 4) is 11.1 Å². The van der Waals surface area contributed by atoms with Crippen LogP contribution in [0.2, 0.25) is 0 Å². The quantitative estimate of drug-likeness (QED) is 0.475. The van der Waals surface area contributed by atoms with Crippen molar-refractivity contribution in [1.29, 1.82) is 0 Å². The van der Waals surface area contributed by atoms with E-state index in [4.69, 9.17) is 11.5 Å². The number of rotatable bonds is 6. The molecule has 1 saturated carbocycles. The number of carbonyl (C=O) groups excluding carboxylic acids is 1. The molecule has 1 aliphatic rings. The molecule has 1 amide bonds. The third-order valence-electron chi connectivity index (χ3n) is 5.24. The summed E-state index contributed by atoms with van der Waals surface area (Å²) in [6.07, 6.45) is 7.17. The summed E-state index contributed by atoms with van der Waals surface area (Å²) in [5.74, 6) is -1.20. The standard InChI is InChI=1S/C21H23FN6OS/c22-16-8-15(19(24)29)20(28-21(16)27-18-4-2-1-3-17(18)23)26-14-7-13(9-25-10-14)12-5-6-30-11-12/h5-11,17-18H,1-4,23H2,(H2,24,29)(H2,26,27,28). The number of carbonyl (C=O) groups is 1. The number of pyridine rings is 2. The first-order valence-corrected chi connectivity index (χ1v) is 10.7. The fourth-order valence-corrected chi connectivity index (χ4v) is 4.28. The molecule has 0 saturated heterocycles. The Kier molecular flexibility index (Phi) is 5.91. The van der Waals surface area contributed by atoms with E-state index in [0.29, 0.717) is 5.69 Å². The fraction of sp³-hybridized carbons (Fsp3) is 0.286. The second-order valence-electron chi connectivity index (χ2n) is 7.38. The zero-order valence-electron chi connectivity index (χ0n) is 16.3. The van der Waals surface area contributed by atoms with E-state index in [1.54, 1.807) is 23.7 Å². The summed E-state index contributed by atoms with van der Waals surface area (Å²) in [7, 11) is 0. The minimum Gasteiger partial charge on any atom is -0.365 e. The van der Waals surface area contributed by atoms with Crippen molar-refractivity contribution in [2.45, 2.75) is 37.8 Å². The molecule has 156 valence electrons. The Morgan fingerprint density at radius 1 is 1.17 bits per heavy atom. The van der Waals surface area contributed by atoms with Crippen molar-refractivity contribution in [3.63, 3.8) is 0 Å². The van der Waals surface area contributed by atoms with Crippen LogP contribution < -0.4 is 22.1 Å². The number of nitrogens with two attached hydrogens (primary N) is 2. The fourth-order valence-electron chi connectivity index (χ4n) is 3.62. The number of halogens is 1. The molecule has 6 N–H and O–H groups in total. The molecular weight excluding hydrogens is 403 g/mol. The SMILES string of the molecule is NC(=O)c1cc(F)c(NC2CCCCC2N)nc1Nc1cncc(-c2ccsc2)c1. The van der Waals surface area contributed by atoms with Crippen molar-refractivity contribution in [3.05, 3.63) is 52.7 Å². The maximum atomic E-state index is 14.6. The third-order valence-corrected chi connectivity index (χ3v) is 5.92. The Morgan fingerprint density at radius 2 is 2.00 bits per heavy atom. The first-order valence-electron chi connectivity index (χ1n) is 9.78. The van der Waals surface area contributed by atoms with Gasteiger partial charge in [-0.05, 0) is 47.4 Å². The molecule has 0 aliphatic heterocycles. The van der Waals surface area contributed by atoms with Gasteiger partial charge in [-0.15, -0.1) is 0 Å². The van der Waals surface area contributed by atoms with Crippen LogP contribution in [0.5, 0.6) is 0 Å². The van der Waals surface area contributed by atoms with E-state index in [-0.39, 0.29) is 29.3 Å². The summed E-state index contributed by atoms with van der Waals surface area (Å²) in [4.78, 5) is 20.5. The van der Waals surface area contributed by atoms with Gasteiger partial charge in [0.1, 0.15) is 5.82 Å². The maximum absolute atomic E-state index is 14.6. The van der Waals surface area contributed by atoms with Gasteiger partial charge in [0.2, 0.25) is 0 Å². The molecule has 1 aliphatic carbocycles. The van der Waals surface area contributed by atoms with Crippen LogP contribution >= 0.6 is 11.3 Å². The van der Waals surface area contributed by atoms with Crippen LogP contribution in [0.1, 0.15) is 36.0 Å². The number of primary amides is 1. The zero-order valence-corrected chi connectivity index (χ0v) is 17.1. The molecular formula is C21H23FN6OS. The molecule has 3 aromatic rings. The minimum absolute atomic E-state index is 0.0353. The summed E-state index contributed by atoms with van der Waals surface area (Å²) < 4.78 is 14.6. The van der Waals surface area contributed by atoms with E-state index in [1.807, 2.05) is 22.9 Å². The normalized spacial score (nSPS) is 18.7. The molecule has 9 heteroatoms. The second kappa shape index (κ2) is 8.76. The molecule has 7 nitrogen and oxygen atoms in total. The lowest BCUT2D eigenvalue weighted by Crippen LogP contribution is -2.43. The number of thiophene rings is 1. The second-order valence-corrected chi connectivity index (χ2v) is 8.16. The molecule has 3 aromatic heterocycles. The van der Waals surface area contributed by atoms with Crippen molar-refractivity contribution in [2.75, 3.05) is 10.6 Å². The number of nitrogens with one attached hydrogen (secondary N) is 2. The first kappa shape index (κ1) is 20.2. The van der Waals surface area contributed by atoms with Gasteiger partial charge < -0.3 is 22.1 Å². The number of amides is 1. The van der Waals surface area contributed by atoms with Crippen LogP contribution in [0.15, 0.2) is 41.4 Å². The largest absolute Gasteiger partial charge is 0.365 e. The van der Waals surface area contributed by atoms with Crippen LogP contribution in [0.25, 0.3) is 11.1 Å². The summed E-state index contributed by atoms with van der Waals surface area (Å²) >= 11 is 1.59. The number of nitrogens with zero attached hydrogens (tertiary/aromatic N) is 2. The lowest BCUT2D eigenvalue weighted by molar-refractivity contribution is 0.100. The molecule has 0 spiro atoms. The first-order chi connectivity index (χ1) is 14.5. The Labute approximate surface area is 177 Å². The van der Waals surface area contributed by atoms with Crippen LogP contribution in [-0.2, 0) is 0 Å². The lowest BCUT2D eigenvalue weighted by atomic mass is 9.91. The number of hydrogen-bond acceptors (Lipinski definition) is 7. The predicted molar refractivity (Wildman–Crippen MR) is 117 cm³/mol. The molecule has 3 heterocycles. The molecule has 4 rings (SSSR count). The van der Waals surface area contributed by atoms with E-state index in [2.05, 4.69) is 20.6 Å². The Bertz CT molecular complexity index is 1040. The highest BCUT2D eigenvalue weighted by atomic mass is 32.1. The van der Waals surface area contributed by atoms with Crippen LogP contribution in [0, 0.1) is 5.82 Å². The molecule has 2 atom stereocenters. The highest BCUT2D eigenvalue weighted by Crippen LogP contribution is 2.28. The van der Waals surface area contributed by atoms with E-state index in [1.165, 1.54) is 0 Å². The molecule has 0 aromatic carbocycles. The minimum atomic E-state index is -0.772. The number of hydrogen-bond donors (Lipinski definition) is 4. The van der Waals surface area contributed by atoms with E-state index in [9.17, 15) is 9.18 Å². The molecule has 30 heavy (non-hydrogen) atoms. The van der Waals surface area contributed by atoms with Crippen molar-refractivity contribution < 1.29 is 9.18 Å². The third kappa shape index (κ3) is 4.42. The van der Waals surface area contributed by atoms with Crippen molar-refractivity contribution in [1.82, 2.24) is 9.97 Å². The van der Waals surface area contributed by atoms with Crippen LogP contribution in [0.4, 0.5) is 21.7 Å². The summed E-state index contributed by atoms with van der Waals surface area (Å²) in [5.41, 5.74) is 14.2. The van der Waals surface area contributed by atoms with Gasteiger partial charge in [0.25, 0.3) is 5.91 Å². The Hall–Kier alpha value is -3.04. The average molecular weight is 427 g/mol. The maximum Gasteiger partial charge on any atom is 0.252 e. The van der Waals surface area contributed by atoms with Gasteiger partial charge in [-0.2, -0.15) is 11.3 Å². The number of aromatic nitrogens is 2. The lowest BCUT2D eigenvalue weighted by Gasteiger charge is -2.30. The van der Waals surface area contributed by atoms with E-state index < -0.39 is 11.7 Å². The molecule has 2 unspecified atom stereocenters. The topological polar surface area (TPSA) is 119 Å². The van der Waals surface area contributed by atoms with Crippen molar-refractivity contribution in [2.24, 2.45) is 11.5 Å². The van der Waals surface area contributed by atoms with Gasteiger partial charge in [0.15, 0.2) is 11.6 Å². The zero-order chi connectivity index (χ0) is 21.1. The highest BCUT2D eigenvalue weighted by Gasteiger charge is 2.24. The monoisotopic (exact) mass is 426 g/mol. The summed E-state index contributed by atoms with van der Waals surface area (Å²) in [5, 5.41) is 10.2. The smallest absolute Gasteiger partial charge is 0.252 e. The van der Waals surface area contributed by atoms with E-state index in [0.717, 1.165) is 42.9 Å². The molecule has 1 fully saturated rings. The van der Waals surface area contributed by atoms with Gasteiger partial charge >= 0.3 is 0 Å². The van der Waals surface area contributed by atoms with E-state index >= 15 is 0 Å². The van der Waals surface area contributed by atoms with Gasteiger partial charge in [-0.25, -0.2) is 9.37 Å². The van der Waals surface area contributed by atoms with Crippen molar-refractivity contribution >= 4 is 34.6 Å². The summed E-state index contributed by atoms with van der Waals surface area (Å²) in [6.45, 7) is 0. The average Bonchev–Trinajstić information content (AvgIpc) is 3.27. The Balaban J connectivity index is 1.64. The van der Waals surface area contributed by atoms with Crippen LogP contribution in [0.3, 0.4) is 0 Å². The highest BCUT2D eigenvalue weighted by molar-refractivity contribution is 7.08. The molecule has 0 radical (unpaired) electrons. The number of anilines is 3. The molecule has 0 bridgehead atoms. The van der Waals surface area contributed by atoms with Gasteiger partial charge in [-0.3, -0.25) is 9.78 Å². The predicted octanol–water partition coefficient (Wildman–Crippen LogP) is 3.87. The van der Waals surface area contributed by atoms with Crippen LogP contribution in [-0.4, -0.2) is 28.0 Å². The van der Waals surface area contributed by atoms with Gasteiger partial charge in [0, 0.05) is 23.8 Å². The van der Waals surface area contributed by atoms with Gasteiger partial charge in [-0.1, -0.05) is 12.8 Å².